The summed E-state index contributed by atoms with van der Waals surface area (Å²) in [6.45, 7) is 3.35. The molecular weight excluding hydrogens is 422 g/mol. The van der Waals surface area contributed by atoms with Crippen molar-refractivity contribution in [2.75, 3.05) is 25.1 Å². The van der Waals surface area contributed by atoms with E-state index in [1.165, 1.54) is 6.20 Å². The van der Waals surface area contributed by atoms with Gasteiger partial charge < -0.3 is 20.7 Å². The van der Waals surface area contributed by atoms with Crippen molar-refractivity contribution in [2.24, 2.45) is 11.7 Å². The van der Waals surface area contributed by atoms with E-state index in [9.17, 15) is 14.9 Å². The molecule has 10 nitrogen and oxygen atoms in total. The van der Waals surface area contributed by atoms with Crippen LogP contribution in [0.5, 0.6) is 5.88 Å². The van der Waals surface area contributed by atoms with Gasteiger partial charge in [0.2, 0.25) is 11.8 Å². The first kappa shape index (κ1) is 22.2. The van der Waals surface area contributed by atoms with Gasteiger partial charge in [-0.25, -0.2) is 9.50 Å². The highest BCUT2D eigenvalue weighted by Gasteiger charge is 2.37. The average molecular weight is 447 g/mol. The maximum Gasteiger partial charge on any atom is 0.252 e. The Kier molecular flexibility index (Phi) is 6.24. The number of ether oxygens (including phenoxy) is 1. The molecule has 3 aromatic rings. The number of nitrogens with zero attached hydrogens (tertiary/aromatic N) is 5. The van der Waals surface area contributed by atoms with Crippen molar-refractivity contribution in [1.82, 2.24) is 19.9 Å². The lowest BCUT2D eigenvalue weighted by molar-refractivity contribution is -0.118. The second-order valence-electron chi connectivity index (χ2n) is 7.91. The summed E-state index contributed by atoms with van der Waals surface area (Å²) in [7, 11) is 1.54. The van der Waals surface area contributed by atoms with Crippen LogP contribution in [0.15, 0.2) is 36.8 Å². The number of fused-ring (bicyclic) bond motifs is 1. The van der Waals surface area contributed by atoms with Gasteiger partial charge in [-0.15, -0.1) is 0 Å². The van der Waals surface area contributed by atoms with Gasteiger partial charge in [0.15, 0.2) is 0 Å². The van der Waals surface area contributed by atoms with E-state index in [-0.39, 0.29) is 29.9 Å². The van der Waals surface area contributed by atoms with Crippen molar-refractivity contribution >= 4 is 23.0 Å². The van der Waals surface area contributed by atoms with E-state index in [1.807, 2.05) is 18.2 Å². The molecule has 0 aromatic carbocycles. The second kappa shape index (κ2) is 9.26. The number of nitriles is 1. The van der Waals surface area contributed by atoms with Crippen molar-refractivity contribution < 1.29 is 14.3 Å². The summed E-state index contributed by atoms with van der Waals surface area (Å²) in [5, 5.41) is 16.9. The number of hydrogen-bond acceptors (Lipinski definition) is 7. The summed E-state index contributed by atoms with van der Waals surface area (Å²) >= 11 is 0. The highest BCUT2D eigenvalue weighted by molar-refractivity contribution is 6.09. The average Bonchev–Trinajstić information content (AvgIpc) is 3.46. The number of nitrogens with one attached hydrogen (secondary N) is 1. The predicted octanol–water partition coefficient (Wildman–Crippen LogP) is 1.75. The quantitative estimate of drug-likeness (QED) is 0.562. The topological polar surface area (TPSA) is 139 Å². The molecule has 10 heteroatoms. The molecule has 1 saturated heterocycles. The minimum Gasteiger partial charge on any atom is -0.481 e. The van der Waals surface area contributed by atoms with E-state index in [0.717, 1.165) is 24.1 Å². The largest absolute Gasteiger partial charge is 0.481 e. The molecule has 1 aliphatic heterocycles. The first-order valence-corrected chi connectivity index (χ1v) is 10.7. The predicted molar refractivity (Wildman–Crippen MR) is 122 cm³/mol. The summed E-state index contributed by atoms with van der Waals surface area (Å²) in [4.78, 5) is 31.4. The number of aromatic nitrogens is 3. The highest BCUT2D eigenvalue weighted by Crippen LogP contribution is 2.35. The molecule has 0 spiro atoms. The number of methoxy groups -OCH3 is 1. The van der Waals surface area contributed by atoms with Gasteiger partial charge >= 0.3 is 0 Å². The number of carbonyl (C=O) groups is 2. The zero-order chi connectivity index (χ0) is 23.5. The van der Waals surface area contributed by atoms with Gasteiger partial charge in [-0.05, 0) is 23.6 Å². The maximum atomic E-state index is 13.2. The van der Waals surface area contributed by atoms with Gasteiger partial charge in [-0.2, -0.15) is 10.4 Å². The van der Waals surface area contributed by atoms with E-state index >= 15 is 0 Å². The zero-order valence-corrected chi connectivity index (χ0v) is 18.5. The number of anilines is 1. The number of carbonyl (C=O) groups excluding carboxylic acids is 2. The fraction of sp³-hybridized carbons (Fsp3) is 0.348. The van der Waals surface area contributed by atoms with Crippen LogP contribution in [0.25, 0.3) is 16.6 Å². The third-order valence-corrected chi connectivity index (χ3v) is 6.05. The molecule has 33 heavy (non-hydrogen) atoms. The molecule has 1 aliphatic rings. The third kappa shape index (κ3) is 4.10. The summed E-state index contributed by atoms with van der Waals surface area (Å²) < 4.78 is 6.84. The van der Waals surface area contributed by atoms with Crippen molar-refractivity contribution in [3.8, 4) is 23.1 Å². The second-order valence-corrected chi connectivity index (χ2v) is 7.91. The van der Waals surface area contributed by atoms with Crippen LogP contribution >= 0.6 is 0 Å². The normalized spacial score (nSPS) is 17.6. The Balaban J connectivity index is 1.95. The molecule has 0 radical (unpaired) electrons. The van der Waals surface area contributed by atoms with Crippen LogP contribution in [-0.4, -0.2) is 52.7 Å². The fourth-order valence-electron chi connectivity index (χ4n) is 4.40. The van der Waals surface area contributed by atoms with E-state index < -0.39 is 5.91 Å². The standard InChI is InChI=1S/C23H25N7O3/c1-3-14-10-26-12-19(14)30(21(31)4-6-24)22-17(23(25)32)11-28-29-13-16(8-18(22)29)15-5-7-27-20(9-15)33-2/h5,7-9,11,13-14,19,26H,3-4,10,12H2,1-2H3,(H2,25,32)/t14-,19+/m0/s1. The number of rotatable bonds is 7. The van der Waals surface area contributed by atoms with Gasteiger partial charge in [0.05, 0.1) is 42.2 Å². The lowest BCUT2D eigenvalue weighted by atomic mass is 9.97. The zero-order valence-electron chi connectivity index (χ0n) is 18.5. The first-order chi connectivity index (χ1) is 16.0. The lowest BCUT2D eigenvalue weighted by Crippen LogP contribution is -2.46. The molecule has 0 bridgehead atoms. The van der Waals surface area contributed by atoms with Gasteiger partial charge in [0.25, 0.3) is 5.91 Å². The molecule has 4 heterocycles. The molecule has 3 aromatic heterocycles. The van der Waals surface area contributed by atoms with E-state index in [0.29, 0.717) is 23.6 Å². The fourth-order valence-corrected chi connectivity index (χ4v) is 4.40. The number of pyridine rings is 1. The number of primary amides is 1. The SMILES string of the molecule is CC[C@H]1CNC[C@H]1N(C(=O)CC#N)c1c(C(N)=O)cnn2cc(-c3ccnc(OC)c3)cc12. The van der Waals surface area contributed by atoms with Crippen LogP contribution in [0.3, 0.4) is 0 Å². The summed E-state index contributed by atoms with van der Waals surface area (Å²) in [5.74, 6) is -0.446. The van der Waals surface area contributed by atoms with Crippen LogP contribution in [0.2, 0.25) is 0 Å². The Morgan fingerprint density at radius 2 is 2.18 bits per heavy atom. The molecule has 1 fully saturated rings. The molecule has 0 saturated carbocycles. The van der Waals surface area contributed by atoms with Gasteiger partial charge in [-0.1, -0.05) is 13.3 Å². The van der Waals surface area contributed by atoms with Crippen LogP contribution in [0.1, 0.15) is 30.1 Å². The van der Waals surface area contributed by atoms with Gasteiger partial charge in [-0.3, -0.25) is 9.59 Å². The van der Waals surface area contributed by atoms with Crippen molar-refractivity contribution in [2.45, 2.75) is 25.8 Å². The van der Waals surface area contributed by atoms with E-state index in [4.69, 9.17) is 10.5 Å². The molecule has 4 rings (SSSR count). The minimum absolute atomic E-state index is 0.132. The van der Waals surface area contributed by atoms with Gasteiger partial charge in [0, 0.05) is 37.1 Å². The first-order valence-electron chi connectivity index (χ1n) is 10.7. The summed E-state index contributed by atoms with van der Waals surface area (Å²) in [5.41, 5.74) is 8.40. The summed E-state index contributed by atoms with van der Waals surface area (Å²) in [6.07, 6.45) is 5.34. The summed E-state index contributed by atoms with van der Waals surface area (Å²) in [6, 6.07) is 7.19. The van der Waals surface area contributed by atoms with Gasteiger partial charge in [0.1, 0.15) is 6.42 Å². The third-order valence-electron chi connectivity index (χ3n) is 6.05. The molecule has 0 aliphatic carbocycles. The molecule has 2 amide bonds. The maximum absolute atomic E-state index is 13.2. The molecule has 170 valence electrons. The Hall–Kier alpha value is -3.97. The number of nitrogens with two attached hydrogens (primary N) is 1. The Bertz CT molecular complexity index is 1250. The van der Waals surface area contributed by atoms with Crippen LogP contribution in [0, 0.1) is 17.2 Å². The Morgan fingerprint density at radius 3 is 2.88 bits per heavy atom. The number of hydrogen-bond donors (Lipinski definition) is 2. The Morgan fingerprint density at radius 1 is 1.36 bits per heavy atom. The highest BCUT2D eigenvalue weighted by atomic mass is 16.5. The minimum atomic E-state index is -0.693. The molecule has 0 unspecified atom stereocenters. The van der Waals surface area contributed by atoms with Crippen LogP contribution in [-0.2, 0) is 4.79 Å². The van der Waals surface area contributed by atoms with Crippen molar-refractivity contribution in [1.29, 1.82) is 5.26 Å². The van der Waals surface area contributed by atoms with Crippen LogP contribution in [0.4, 0.5) is 5.69 Å². The van der Waals surface area contributed by atoms with E-state index in [1.54, 1.807) is 35.0 Å². The van der Waals surface area contributed by atoms with Crippen molar-refractivity contribution in [3.63, 3.8) is 0 Å². The van der Waals surface area contributed by atoms with Crippen LogP contribution < -0.4 is 20.7 Å². The monoisotopic (exact) mass is 447 g/mol. The molecular formula is C23H25N7O3. The lowest BCUT2D eigenvalue weighted by Gasteiger charge is -2.33. The Labute approximate surface area is 191 Å². The van der Waals surface area contributed by atoms with Crippen molar-refractivity contribution in [3.05, 3.63) is 42.4 Å². The smallest absolute Gasteiger partial charge is 0.252 e. The molecule has 2 atom stereocenters. The van der Waals surface area contributed by atoms with E-state index in [2.05, 4.69) is 22.3 Å². The number of amides is 2. The molecule has 3 N–H and O–H groups in total.